The summed E-state index contributed by atoms with van der Waals surface area (Å²) in [4.78, 5) is 21.1. The van der Waals surface area contributed by atoms with Gasteiger partial charge in [0.25, 0.3) is 0 Å². The van der Waals surface area contributed by atoms with Crippen molar-refractivity contribution in [3.05, 3.63) is 11.6 Å². The van der Waals surface area contributed by atoms with E-state index in [1.807, 2.05) is 0 Å². The topological polar surface area (TPSA) is 74.6 Å². The molecule has 0 spiro atoms. The van der Waals surface area contributed by atoms with Gasteiger partial charge in [-0.05, 0) is 12.8 Å². The molecule has 0 amide bonds. The summed E-state index contributed by atoms with van der Waals surface area (Å²) >= 11 is 0. The van der Waals surface area contributed by atoms with E-state index in [1.165, 1.54) is 25.7 Å². The molecule has 0 saturated carbocycles. The quantitative estimate of drug-likeness (QED) is 0.456. The highest BCUT2D eigenvalue weighted by molar-refractivity contribution is 5.94. The molecular formula is C13H23O4+. The fourth-order valence-electron chi connectivity index (χ4n) is 1.66. The molecule has 17 heavy (non-hydrogen) atoms. The molecule has 0 radical (unpaired) electrons. The summed E-state index contributed by atoms with van der Waals surface area (Å²) in [7, 11) is 0. The van der Waals surface area contributed by atoms with Gasteiger partial charge in [0.05, 0.1) is 0 Å². The lowest BCUT2D eigenvalue weighted by Gasteiger charge is -2.02. The van der Waals surface area contributed by atoms with Crippen molar-refractivity contribution in [1.29, 1.82) is 0 Å². The second kappa shape index (κ2) is 9.87. The molecule has 0 saturated heterocycles. The van der Waals surface area contributed by atoms with E-state index in [-0.39, 0.29) is 7.00 Å². The van der Waals surface area contributed by atoms with Gasteiger partial charge in [-0.15, -0.1) is 0 Å². The summed E-state index contributed by atoms with van der Waals surface area (Å²) in [5, 5.41) is 17.3. The van der Waals surface area contributed by atoms with Gasteiger partial charge in [0, 0.05) is 11.6 Å². The minimum absolute atomic E-state index is 0. The van der Waals surface area contributed by atoms with Gasteiger partial charge in [-0.1, -0.05) is 45.4 Å². The molecule has 0 aliphatic heterocycles. The van der Waals surface area contributed by atoms with E-state index in [9.17, 15) is 9.59 Å². The molecule has 98 valence electrons. The molecule has 0 rings (SSSR count). The molecule has 0 aliphatic carbocycles. The Morgan fingerprint density at radius 3 is 2.00 bits per heavy atom. The number of hydrogen-bond acceptors (Lipinski definition) is 2. The van der Waals surface area contributed by atoms with Crippen LogP contribution < -0.4 is 0 Å². The van der Waals surface area contributed by atoms with Crippen LogP contribution in [0.1, 0.15) is 59.7 Å². The van der Waals surface area contributed by atoms with Gasteiger partial charge in [-0.25, -0.2) is 9.59 Å². The highest BCUT2D eigenvalue weighted by atomic mass is 16.4. The van der Waals surface area contributed by atoms with Crippen LogP contribution in [-0.2, 0) is 9.59 Å². The van der Waals surface area contributed by atoms with E-state index < -0.39 is 11.9 Å². The number of unbranched alkanes of at least 4 members (excludes halogenated alkanes) is 6. The van der Waals surface area contributed by atoms with E-state index in [2.05, 4.69) is 6.92 Å². The average Bonchev–Trinajstić information content (AvgIpc) is 2.25. The molecule has 4 heteroatoms. The van der Waals surface area contributed by atoms with Crippen LogP contribution in [0.15, 0.2) is 11.6 Å². The molecule has 2 N–H and O–H groups in total. The van der Waals surface area contributed by atoms with Crippen molar-refractivity contribution in [2.24, 2.45) is 0 Å². The second-order valence-electron chi connectivity index (χ2n) is 4.18. The molecule has 0 bridgehead atoms. The van der Waals surface area contributed by atoms with Crippen LogP contribution in [0, 0.1) is 0 Å². The van der Waals surface area contributed by atoms with E-state index in [1.54, 1.807) is 0 Å². The molecule has 0 atom stereocenters. The third-order valence-electron chi connectivity index (χ3n) is 2.62. The van der Waals surface area contributed by atoms with Crippen LogP contribution >= 0.6 is 0 Å². The number of hydrogen-bond donors (Lipinski definition) is 2. The van der Waals surface area contributed by atoms with E-state index >= 15 is 0 Å². The summed E-state index contributed by atoms with van der Waals surface area (Å²) < 4.78 is 0. The van der Waals surface area contributed by atoms with E-state index in [0.717, 1.165) is 25.3 Å². The lowest BCUT2D eigenvalue weighted by atomic mass is 10.0. The van der Waals surface area contributed by atoms with Gasteiger partial charge >= 0.3 is 13.4 Å². The maximum Gasteiger partial charge on any atom is 1.00 e. The zero-order valence-corrected chi connectivity index (χ0v) is 10.4. The van der Waals surface area contributed by atoms with Gasteiger partial charge in [-0.2, -0.15) is 0 Å². The number of carboxylic acid groups (broad SMARTS) is 2. The fourth-order valence-corrected chi connectivity index (χ4v) is 1.66. The van der Waals surface area contributed by atoms with Crippen molar-refractivity contribution in [2.45, 2.75) is 58.3 Å². The summed E-state index contributed by atoms with van der Waals surface area (Å²) in [6, 6.07) is 0. The zero-order valence-electron chi connectivity index (χ0n) is 11.4. The SMILES string of the molecule is CCCCCCCCC/C(=C/C(=O)O)C(=O)O.[H+]. The normalized spacial score (nSPS) is 11.5. The molecule has 0 unspecified atom stereocenters. The summed E-state index contributed by atoms with van der Waals surface area (Å²) in [6.07, 6.45) is 8.82. The van der Waals surface area contributed by atoms with Gasteiger partial charge < -0.3 is 10.2 Å². The average molecular weight is 243 g/mol. The maximum absolute atomic E-state index is 10.7. The predicted molar refractivity (Wildman–Crippen MR) is 67.1 cm³/mol. The standard InChI is InChI=1S/C13H22O4/c1-2-3-4-5-6-7-8-9-11(13(16)17)10-12(14)15/h10H,2-9H2,1H3,(H,14,15)(H,16,17)/p+1/b11-10-. The van der Waals surface area contributed by atoms with Crippen molar-refractivity contribution in [3.8, 4) is 0 Å². The Kier molecular flexibility index (Phi) is 9.11. The molecule has 0 fully saturated rings. The molecule has 0 heterocycles. The molecule has 0 aromatic heterocycles. The fraction of sp³-hybridized carbons (Fsp3) is 0.692. The monoisotopic (exact) mass is 243 g/mol. The first-order valence-corrected chi connectivity index (χ1v) is 6.24. The summed E-state index contributed by atoms with van der Waals surface area (Å²) in [5.74, 6) is -2.32. The van der Waals surface area contributed by atoms with Crippen molar-refractivity contribution in [2.75, 3.05) is 0 Å². The third-order valence-corrected chi connectivity index (χ3v) is 2.62. The molecule has 0 aromatic carbocycles. The van der Waals surface area contributed by atoms with Crippen LogP contribution in [0.25, 0.3) is 0 Å². The van der Waals surface area contributed by atoms with Crippen LogP contribution in [0.2, 0.25) is 0 Å². The Hall–Kier alpha value is -1.32. The zero-order chi connectivity index (χ0) is 13.1. The Morgan fingerprint density at radius 2 is 1.53 bits per heavy atom. The minimum Gasteiger partial charge on any atom is -0.478 e. The van der Waals surface area contributed by atoms with Crippen molar-refractivity contribution >= 4 is 11.9 Å². The van der Waals surface area contributed by atoms with Crippen molar-refractivity contribution in [1.82, 2.24) is 0 Å². The van der Waals surface area contributed by atoms with Crippen LogP contribution in [-0.4, -0.2) is 22.2 Å². The molecule has 4 nitrogen and oxygen atoms in total. The first kappa shape index (κ1) is 15.7. The number of rotatable bonds is 10. The van der Waals surface area contributed by atoms with Crippen LogP contribution in [0.4, 0.5) is 0 Å². The Labute approximate surface area is 104 Å². The Bertz CT molecular complexity index is 274. The predicted octanol–water partition coefficient (Wildman–Crippen LogP) is 3.34. The molecular weight excluding hydrogens is 220 g/mol. The number of carboxylic acids is 2. The largest absolute Gasteiger partial charge is 1.00 e. The molecule has 0 aliphatic rings. The Balaban J connectivity index is 0. The second-order valence-corrected chi connectivity index (χ2v) is 4.18. The van der Waals surface area contributed by atoms with E-state index in [4.69, 9.17) is 10.2 Å². The maximum atomic E-state index is 10.7. The first-order valence-electron chi connectivity index (χ1n) is 6.24. The van der Waals surface area contributed by atoms with E-state index in [0.29, 0.717) is 6.42 Å². The minimum atomic E-state index is -1.19. The van der Waals surface area contributed by atoms with Crippen molar-refractivity contribution in [3.63, 3.8) is 0 Å². The van der Waals surface area contributed by atoms with Gasteiger partial charge in [0.15, 0.2) is 0 Å². The smallest absolute Gasteiger partial charge is 0.478 e. The van der Waals surface area contributed by atoms with Crippen molar-refractivity contribution < 1.29 is 21.2 Å². The lowest BCUT2D eigenvalue weighted by molar-refractivity contribution is -0.135. The number of carbonyl (C=O) groups is 2. The van der Waals surface area contributed by atoms with Crippen LogP contribution in [0.3, 0.4) is 0 Å². The highest BCUT2D eigenvalue weighted by Gasteiger charge is 2.08. The van der Waals surface area contributed by atoms with Gasteiger partial charge in [-0.3, -0.25) is 0 Å². The summed E-state index contributed by atoms with van der Waals surface area (Å²) in [5.41, 5.74) is -0.00828. The third kappa shape index (κ3) is 9.60. The van der Waals surface area contributed by atoms with Gasteiger partial charge in [0.1, 0.15) is 0 Å². The first-order chi connectivity index (χ1) is 8.07. The molecule has 0 aromatic rings. The highest BCUT2D eigenvalue weighted by Crippen LogP contribution is 2.12. The lowest BCUT2D eigenvalue weighted by Crippen LogP contribution is -2.04. The Morgan fingerprint density at radius 1 is 1.00 bits per heavy atom. The van der Waals surface area contributed by atoms with Gasteiger partial charge in [0.2, 0.25) is 0 Å². The number of aliphatic carboxylic acids is 2. The van der Waals surface area contributed by atoms with Crippen LogP contribution in [0.5, 0.6) is 0 Å². The summed E-state index contributed by atoms with van der Waals surface area (Å²) in [6.45, 7) is 2.16.